The first-order chi connectivity index (χ1) is 8.84. The monoisotopic (exact) mass is 242 g/mol. The molecule has 3 rings (SSSR count). The smallest absolute Gasteiger partial charge is 0.272 e. The number of nitrogens with zero attached hydrogens (tertiary/aromatic N) is 4. The average molecular weight is 242 g/mol. The Morgan fingerprint density at radius 2 is 1.94 bits per heavy atom. The average Bonchev–Trinajstić information content (AvgIpc) is 2.88. The van der Waals surface area contributed by atoms with E-state index in [0.29, 0.717) is 5.69 Å². The first-order valence-corrected chi connectivity index (χ1v) is 6.04. The molecular formula is C13H14N4O. The molecule has 0 atom stereocenters. The third-order valence-electron chi connectivity index (χ3n) is 3.22. The Kier molecular flexibility index (Phi) is 2.80. The van der Waals surface area contributed by atoms with Crippen LogP contribution in [-0.2, 0) is 13.0 Å². The lowest BCUT2D eigenvalue weighted by Crippen LogP contribution is -2.41. The summed E-state index contributed by atoms with van der Waals surface area (Å²) in [6.45, 7) is 2.26. The number of carbonyl (C=O) groups excluding carboxylic acids is 1. The SMILES string of the molecule is O=C1c2ccnn2CCN1CCc1ccncc1. The van der Waals surface area contributed by atoms with Crippen LogP contribution in [0.1, 0.15) is 16.1 Å². The molecule has 1 aliphatic heterocycles. The Morgan fingerprint density at radius 3 is 2.78 bits per heavy atom. The number of hydrogen-bond acceptors (Lipinski definition) is 3. The van der Waals surface area contributed by atoms with Gasteiger partial charge in [0.25, 0.3) is 5.91 Å². The van der Waals surface area contributed by atoms with E-state index in [0.717, 1.165) is 26.1 Å². The second-order valence-corrected chi connectivity index (χ2v) is 4.34. The lowest BCUT2D eigenvalue weighted by Gasteiger charge is -2.27. The van der Waals surface area contributed by atoms with E-state index in [9.17, 15) is 4.79 Å². The predicted octanol–water partition coefficient (Wildman–Crippen LogP) is 0.977. The van der Waals surface area contributed by atoms with Crippen molar-refractivity contribution in [2.45, 2.75) is 13.0 Å². The van der Waals surface area contributed by atoms with Gasteiger partial charge in [-0.15, -0.1) is 0 Å². The van der Waals surface area contributed by atoms with E-state index in [4.69, 9.17) is 0 Å². The zero-order chi connectivity index (χ0) is 12.4. The zero-order valence-electron chi connectivity index (χ0n) is 9.99. The van der Waals surface area contributed by atoms with Crippen molar-refractivity contribution < 1.29 is 4.79 Å². The van der Waals surface area contributed by atoms with E-state index in [1.807, 2.05) is 17.0 Å². The van der Waals surface area contributed by atoms with E-state index in [2.05, 4.69) is 10.1 Å². The third-order valence-corrected chi connectivity index (χ3v) is 3.22. The summed E-state index contributed by atoms with van der Waals surface area (Å²) < 4.78 is 1.77. The van der Waals surface area contributed by atoms with Gasteiger partial charge in [-0.1, -0.05) is 0 Å². The molecule has 2 aromatic heterocycles. The van der Waals surface area contributed by atoms with Gasteiger partial charge in [0, 0.05) is 31.7 Å². The van der Waals surface area contributed by atoms with Crippen molar-refractivity contribution in [2.24, 2.45) is 0 Å². The van der Waals surface area contributed by atoms with Gasteiger partial charge in [-0.2, -0.15) is 5.10 Å². The molecule has 0 fully saturated rings. The van der Waals surface area contributed by atoms with Gasteiger partial charge in [0.2, 0.25) is 0 Å². The Balaban J connectivity index is 1.67. The molecule has 3 heterocycles. The topological polar surface area (TPSA) is 51.0 Å². The fourth-order valence-corrected chi connectivity index (χ4v) is 2.20. The maximum Gasteiger partial charge on any atom is 0.272 e. The molecule has 0 bridgehead atoms. The summed E-state index contributed by atoms with van der Waals surface area (Å²) in [5.74, 6) is 0.0767. The van der Waals surface area contributed by atoms with Crippen LogP contribution in [0.4, 0.5) is 0 Å². The highest BCUT2D eigenvalue weighted by atomic mass is 16.2. The van der Waals surface area contributed by atoms with Gasteiger partial charge in [-0.3, -0.25) is 14.5 Å². The van der Waals surface area contributed by atoms with Crippen LogP contribution in [0.5, 0.6) is 0 Å². The largest absolute Gasteiger partial charge is 0.335 e. The summed E-state index contributed by atoms with van der Waals surface area (Å²) in [6, 6.07) is 5.75. The van der Waals surface area contributed by atoms with Gasteiger partial charge in [-0.05, 0) is 30.2 Å². The summed E-state index contributed by atoms with van der Waals surface area (Å²) in [4.78, 5) is 18.0. The molecule has 5 heteroatoms. The van der Waals surface area contributed by atoms with E-state index < -0.39 is 0 Å². The minimum absolute atomic E-state index is 0.0767. The number of pyridine rings is 1. The van der Waals surface area contributed by atoms with Gasteiger partial charge in [0.1, 0.15) is 5.69 Å². The van der Waals surface area contributed by atoms with Gasteiger partial charge < -0.3 is 4.90 Å². The Morgan fingerprint density at radius 1 is 1.11 bits per heavy atom. The van der Waals surface area contributed by atoms with Gasteiger partial charge in [0.05, 0.1) is 6.54 Å². The summed E-state index contributed by atoms with van der Waals surface area (Å²) in [5.41, 5.74) is 1.90. The van der Waals surface area contributed by atoms with Crippen LogP contribution in [0.2, 0.25) is 0 Å². The van der Waals surface area contributed by atoms with E-state index in [-0.39, 0.29) is 5.91 Å². The molecule has 1 amide bonds. The molecule has 0 aliphatic carbocycles. The second-order valence-electron chi connectivity index (χ2n) is 4.34. The Labute approximate surface area is 105 Å². The number of carbonyl (C=O) groups is 1. The zero-order valence-corrected chi connectivity index (χ0v) is 9.99. The fraction of sp³-hybridized carbons (Fsp3) is 0.308. The molecule has 0 saturated heterocycles. The van der Waals surface area contributed by atoms with Crippen LogP contribution in [0.25, 0.3) is 0 Å². The van der Waals surface area contributed by atoms with Crippen LogP contribution in [0, 0.1) is 0 Å². The van der Waals surface area contributed by atoms with Crippen molar-refractivity contribution in [3.8, 4) is 0 Å². The highest BCUT2D eigenvalue weighted by Crippen LogP contribution is 2.11. The van der Waals surface area contributed by atoms with Crippen LogP contribution >= 0.6 is 0 Å². The first-order valence-electron chi connectivity index (χ1n) is 6.04. The molecular weight excluding hydrogens is 228 g/mol. The molecule has 0 spiro atoms. The molecule has 18 heavy (non-hydrogen) atoms. The maximum atomic E-state index is 12.2. The van der Waals surface area contributed by atoms with Crippen molar-refractivity contribution in [3.63, 3.8) is 0 Å². The van der Waals surface area contributed by atoms with Crippen LogP contribution in [0.3, 0.4) is 0 Å². The van der Waals surface area contributed by atoms with Crippen LogP contribution < -0.4 is 0 Å². The van der Waals surface area contributed by atoms with Crippen molar-refractivity contribution in [1.82, 2.24) is 19.7 Å². The van der Waals surface area contributed by atoms with Gasteiger partial charge >= 0.3 is 0 Å². The highest BCUT2D eigenvalue weighted by Gasteiger charge is 2.24. The molecule has 0 N–H and O–H groups in total. The van der Waals surface area contributed by atoms with Crippen molar-refractivity contribution in [2.75, 3.05) is 13.1 Å². The van der Waals surface area contributed by atoms with Gasteiger partial charge in [0.15, 0.2) is 0 Å². The molecule has 2 aromatic rings. The molecule has 92 valence electrons. The van der Waals surface area contributed by atoms with Gasteiger partial charge in [-0.25, -0.2) is 0 Å². The standard InChI is InChI=1S/C13H14N4O/c18-13-12-3-7-15-17(12)10-9-16(13)8-4-11-1-5-14-6-2-11/h1-3,5-7H,4,8-10H2. The van der Waals surface area contributed by atoms with Crippen LogP contribution in [-0.4, -0.2) is 38.7 Å². The lowest BCUT2D eigenvalue weighted by molar-refractivity contribution is 0.0700. The first kappa shape index (κ1) is 11.0. The normalized spacial score (nSPS) is 14.7. The quantitative estimate of drug-likeness (QED) is 0.806. The number of fused-ring (bicyclic) bond motifs is 1. The summed E-state index contributed by atoms with van der Waals surface area (Å²) >= 11 is 0. The highest BCUT2D eigenvalue weighted by molar-refractivity contribution is 5.93. The van der Waals surface area contributed by atoms with E-state index in [1.54, 1.807) is 29.3 Å². The van der Waals surface area contributed by atoms with Crippen molar-refractivity contribution in [3.05, 3.63) is 48.0 Å². The third kappa shape index (κ3) is 1.99. The maximum absolute atomic E-state index is 12.2. The lowest BCUT2D eigenvalue weighted by atomic mass is 10.2. The predicted molar refractivity (Wildman–Crippen MR) is 66.1 cm³/mol. The second kappa shape index (κ2) is 4.60. The van der Waals surface area contributed by atoms with Crippen molar-refractivity contribution >= 4 is 5.91 Å². The summed E-state index contributed by atoms with van der Waals surface area (Å²) in [5, 5.41) is 4.12. The van der Waals surface area contributed by atoms with Crippen molar-refractivity contribution in [1.29, 1.82) is 0 Å². The Hall–Kier alpha value is -2.17. The Bertz CT molecular complexity index is 549. The molecule has 0 radical (unpaired) electrons. The number of amides is 1. The summed E-state index contributed by atoms with van der Waals surface area (Å²) in [7, 11) is 0. The molecule has 0 unspecified atom stereocenters. The number of aromatic nitrogens is 3. The number of hydrogen-bond donors (Lipinski definition) is 0. The summed E-state index contributed by atoms with van der Waals surface area (Å²) in [6.07, 6.45) is 6.10. The van der Waals surface area contributed by atoms with E-state index in [1.165, 1.54) is 5.56 Å². The number of rotatable bonds is 3. The molecule has 0 saturated carbocycles. The minimum atomic E-state index is 0.0767. The molecule has 1 aliphatic rings. The van der Waals surface area contributed by atoms with Crippen LogP contribution in [0.15, 0.2) is 36.8 Å². The fourth-order valence-electron chi connectivity index (χ4n) is 2.20. The minimum Gasteiger partial charge on any atom is -0.335 e. The molecule has 0 aromatic carbocycles. The van der Waals surface area contributed by atoms with E-state index >= 15 is 0 Å². The molecule has 5 nitrogen and oxygen atoms in total.